The number of hydrogen-bond acceptors (Lipinski definition) is 7. The monoisotopic (exact) mass is 850 g/mol. The molecule has 0 amide bonds. The summed E-state index contributed by atoms with van der Waals surface area (Å²) >= 11 is 2.92. The minimum Gasteiger partial charge on any atom is -0.744 e. The number of methoxy groups -OCH3 is 4. The SMILES string of the molecule is C=C[CH2][Pd+].COc1ccccc1P(CCCP(c1ccccc1OC)c1ccccc1OC)c1ccccc1OC.Cc1ccc(S(=O)(=O)[O-])cc1. The fourth-order valence-corrected chi connectivity index (χ4v) is 11.2. The van der Waals surface area contributed by atoms with Crippen molar-refractivity contribution >= 4 is 47.2 Å². The zero-order chi connectivity index (χ0) is 37.9. The summed E-state index contributed by atoms with van der Waals surface area (Å²) in [4.78, 5) is 0.756. The maximum atomic E-state index is 10.4. The van der Waals surface area contributed by atoms with E-state index in [4.69, 9.17) is 18.9 Å². The molecule has 7 nitrogen and oxygen atoms in total. The Bertz CT molecular complexity index is 1740. The van der Waals surface area contributed by atoms with Gasteiger partial charge in [0.25, 0.3) is 0 Å². The number of aryl methyl sites for hydroxylation is 1. The molecule has 0 unspecified atom stereocenters. The molecule has 0 radical (unpaired) electrons. The second kappa shape index (κ2) is 22.5. The molecule has 0 bridgehead atoms. The fourth-order valence-electron chi connectivity index (χ4n) is 5.24. The molecule has 0 spiro atoms. The molecule has 0 saturated carbocycles. The molecule has 52 heavy (non-hydrogen) atoms. The van der Waals surface area contributed by atoms with Crippen molar-refractivity contribution in [2.75, 3.05) is 40.8 Å². The van der Waals surface area contributed by atoms with E-state index >= 15 is 0 Å². The number of ether oxygens (including phenoxy) is 4. The van der Waals surface area contributed by atoms with E-state index in [1.165, 1.54) is 33.4 Å². The summed E-state index contributed by atoms with van der Waals surface area (Å²) in [6, 6.07) is 39.3. The first-order valence-electron chi connectivity index (χ1n) is 16.4. The molecule has 0 aromatic heterocycles. The van der Waals surface area contributed by atoms with Crippen LogP contribution < -0.4 is 40.2 Å². The van der Waals surface area contributed by atoms with Gasteiger partial charge in [-0.3, -0.25) is 0 Å². The first-order valence-corrected chi connectivity index (χ1v) is 21.9. The third-order valence-electron chi connectivity index (χ3n) is 7.67. The third kappa shape index (κ3) is 12.6. The standard InChI is InChI=1S/C31H34O4P2.C7H8O3S.C3H5.Pd/c1-32-24-14-5-9-18-28(24)36(29-19-10-6-15-25(29)33-2)22-13-23-37(30-20-11-7-16-26(30)34-3)31-21-12-8-17-27(31)35-4;1-6-2-4-7(5-3-6)11(8,9)10;1-3-2;/h5-12,14-21H,13,22-23H2,1-4H3;2-5H,1H3,(H,8,9,10);3H,1-2H2;/q;;;+1/p-1. The molecule has 278 valence electrons. The van der Waals surface area contributed by atoms with E-state index in [9.17, 15) is 13.0 Å². The first-order chi connectivity index (χ1) is 25.1. The van der Waals surface area contributed by atoms with Gasteiger partial charge < -0.3 is 23.5 Å². The van der Waals surface area contributed by atoms with Crippen LogP contribution in [0.1, 0.15) is 12.0 Å². The third-order valence-corrected chi connectivity index (χ3v) is 14.3. The van der Waals surface area contributed by atoms with Crippen LogP contribution >= 0.6 is 15.8 Å². The van der Waals surface area contributed by atoms with Crippen LogP contribution in [-0.4, -0.2) is 53.7 Å². The summed E-state index contributed by atoms with van der Waals surface area (Å²) in [5, 5.41) is 4.96. The van der Waals surface area contributed by atoms with Gasteiger partial charge in [-0.05, 0) is 77.9 Å². The molecular weight excluding hydrogens is 805 g/mol. The van der Waals surface area contributed by atoms with Crippen molar-refractivity contribution in [2.24, 2.45) is 0 Å². The second-order valence-electron chi connectivity index (χ2n) is 11.0. The predicted molar refractivity (Wildman–Crippen MR) is 213 cm³/mol. The summed E-state index contributed by atoms with van der Waals surface area (Å²) < 4.78 is 54.3. The van der Waals surface area contributed by atoms with Crippen LogP contribution in [0.2, 0.25) is 4.89 Å². The molecule has 5 rings (SSSR count). The number of para-hydroxylation sites is 4. The first kappa shape index (κ1) is 42.9. The van der Waals surface area contributed by atoms with Crippen molar-refractivity contribution in [3.63, 3.8) is 0 Å². The van der Waals surface area contributed by atoms with E-state index in [0.717, 1.165) is 52.2 Å². The van der Waals surface area contributed by atoms with Crippen LogP contribution in [0.25, 0.3) is 0 Å². The number of hydrogen-bond donors (Lipinski definition) is 0. The van der Waals surface area contributed by atoms with E-state index in [-0.39, 0.29) is 4.90 Å². The van der Waals surface area contributed by atoms with Gasteiger partial charge in [0.2, 0.25) is 0 Å². The maximum Gasteiger partial charge on any atom is 0.126 e. The molecule has 11 heteroatoms. The number of benzene rings is 5. The molecule has 5 aromatic carbocycles. The Labute approximate surface area is 323 Å². The van der Waals surface area contributed by atoms with Crippen LogP contribution in [0.3, 0.4) is 0 Å². The Hall–Kier alpha value is -3.53. The van der Waals surface area contributed by atoms with Crippen molar-refractivity contribution in [3.05, 3.63) is 140 Å². The average Bonchev–Trinajstić information content (AvgIpc) is 3.18. The normalized spacial score (nSPS) is 10.7. The van der Waals surface area contributed by atoms with Crippen molar-refractivity contribution in [1.82, 2.24) is 0 Å². The van der Waals surface area contributed by atoms with Crippen LogP contribution in [0, 0.1) is 6.92 Å². The van der Waals surface area contributed by atoms with Gasteiger partial charge in [0.05, 0.1) is 33.3 Å². The number of allylic oxidation sites excluding steroid dienone is 1. The van der Waals surface area contributed by atoms with Crippen LogP contribution in [0.5, 0.6) is 23.0 Å². The van der Waals surface area contributed by atoms with Gasteiger partial charge in [-0.1, -0.05) is 90.5 Å². The van der Waals surface area contributed by atoms with Gasteiger partial charge in [-0.25, -0.2) is 8.42 Å². The van der Waals surface area contributed by atoms with Crippen molar-refractivity contribution in [1.29, 1.82) is 0 Å². The minimum absolute atomic E-state index is 0.178. The maximum absolute atomic E-state index is 10.4. The topological polar surface area (TPSA) is 94.1 Å². The summed E-state index contributed by atoms with van der Waals surface area (Å²) in [5.74, 6) is 3.71. The summed E-state index contributed by atoms with van der Waals surface area (Å²) in [7, 11) is 1.32. The zero-order valence-corrected chi connectivity index (χ0v) is 34.3. The zero-order valence-electron chi connectivity index (χ0n) is 30.1. The van der Waals surface area contributed by atoms with Gasteiger partial charge in [0.15, 0.2) is 0 Å². The van der Waals surface area contributed by atoms with Gasteiger partial charge in [0, 0.05) is 21.2 Å². The molecule has 0 atom stereocenters. The van der Waals surface area contributed by atoms with Gasteiger partial charge in [0.1, 0.15) is 33.1 Å². The Kier molecular flexibility index (Phi) is 18.6. The quantitative estimate of drug-likeness (QED) is 0.0489. The van der Waals surface area contributed by atoms with E-state index in [2.05, 4.69) is 98.6 Å². The fraction of sp³-hybridized carbons (Fsp3) is 0.220. The largest absolute Gasteiger partial charge is 0.744 e. The molecule has 0 aliphatic rings. The molecule has 0 N–H and O–H groups in total. The van der Waals surface area contributed by atoms with Crippen LogP contribution in [-0.2, 0) is 29.3 Å². The van der Waals surface area contributed by atoms with E-state index in [1.807, 2.05) is 37.3 Å². The molecule has 0 heterocycles. The smallest absolute Gasteiger partial charge is 0.126 e. The molecular formula is C41H46O7P2PdS. The molecule has 5 aromatic rings. The predicted octanol–water partition coefficient (Wildman–Crippen LogP) is 7.71. The van der Waals surface area contributed by atoms with Gasteiger partial charge >= 0.3 is 36.8 Å². The van der Waals surface area contributed by atoms with Crippen molar-refractivity contribution in [3.8, 4) is 23.0 Å². The molecule has 0 aliphatic carbocycles. The Morgan fingerprint density at radius 2 is 0.885 bits per heavy atom. The van der Waals surface area contributed by atoms with E-state index in [0.29, 0.717) is 0 Å². The van der Waals surface area contributed by atoms with E-state index in [1.54, 1.807) is 40.6 Å². The molecule has 0 aliphatic heterocycles. The summed E-state index contributed by atoms with van der Waals surface area (Å²) in [5.41, 5.74) is 0.928. The molecule has 0 fully saturated rings. The Balaban J connectivity index is 0.000000405. The molecule has 0 saturated heterocycles. The van der Waals surface area contributed by atoms with Crippen molar-refractivity contribution in [2.45, 2.75) is 23.1 Å². The van der Waals surface area contributed by atoms with Gasteiger partial charge in [-0.2, -0.15) is 0 Å². The van der Waals surface area contributed by atoms with Crippen LogP contribution in [0.15, 0.2) is 139 Å². The Morgan fingerprint density at radius 3 is 1.13 bits per heavy atom. The minimum atomic E-state index is -4.27. The van der Waals surface area contributed by atoms with E-state index < -0.39 is 26.0 Å². The Morgan fingerprint density at radius 1 is 0.596 bits per heavy atom. The second-order valence-corrected chi connectivity index (χ2v) is 17.6. The van der Waals surface area contributed by atoms with Gasteiger partial charge in [-0.15, -0.1) is 0 Å². The van der Waals surface area contributed by atoms with Crippen LogP contribution in [0.4, 0.5) is 0 Å². The number of rotatable bonds is 14. The summed E-state index contributed by atoms with van der Waals surface area (Å²) in [6.45, 7) is 5.26. The summed E-state index contributed by atoms with van der Waals surface area (Å²) in [6.07, 6.45) is 4.87. The average molecular weight is 851 g/mol. The van der Waals surface area contributed by atoms with Crippen molar-refractivity contribution < 1.29 is 51.1 Å².